The highest BCUT2D eigenvalue weighted by atomic mass is 32.1. The molecule has 1 aliphatic rings. The van der Waals surface area contributed by atoms with Crippen molar-refractivity contribution in [1.29, 1.82) is 0 Å². The SMILES string of the molecule is Cc1cc([N+](=O)[O-])c(N2CCOCC2)cc1NC(N)=S. The van der Waals surface area contributed by atoms with Crippen molar-refractivity contribution in [2.45, 2.75) is 6.92 Å². The van der Waals surface area contributed by atoms with E-state index >= 15 is 0 Å². The zero-order chi connectivity index (χ0) is 14.7. The maximum Gasteiger partial charge on any atom is 0.292 e. The van der Waals surface area contributed by atoms with E-state index in [0.717, 1.165) is 5.56 Å². The highest BCUT2D eigenvalue weighted by molar-refractivity contribution is 7.80. The minimum Gasteiger partial charge on any atom is -0.378 e. The summed E-state index contributed by atoms with van der Waals surface area (Å²) in [5.41, 5.74) is 7.52. The second kappa shape index (κ2) is 6.02. The van der Waals surface area contributed by atoms with Gasteiger partial charge in [-0.25, -0.2) is 0 Å². The number of rotatable bonds is 3. The molecular weight excluding hydrogens is 280 g/mol. The van der Waals surface area contributed by atoms with Gasteiger partial charge in [0.05, 0.1) is 18.1 Å². The number of thiocarbonyl (C=S) groups is 1. The van der Waals surface area contributed by atoms with E-state index < -0.39 is 0 Å². The number of ether oxygens (including phenoxy) is 1. The average Bonchev–Trinajstić information content (AvgIpc) is 2.41. The number of nitrogens with one attached hydrogen (secondary N) is 1. The fourth-order valence-electron chi connectivity index (χ4n) is 2.15. The van der Waals surface area contributed by atoms with E-state index in [2.05, 4.69) is 5.32 Å². The molecule has 0 aliphatic carbocycles. The summed E-state index contributed by atoms with van der Waals surface area (Å²) in [6, 6.07) is 3.25. The van der Waals surface area contributed by atoms with E-state index in [1.807, 2.05) is 4.90 Å². The molecule has 0 saturated carbocycles. The van der Waals surface area contributed by atoms with E-state index in [1.165, 1.54) is 6.07 Å². The Kier molecular flexibility index (Phi) is 4.35. The summed E-state index contributed by atoms with van der Waals surface area (Å²) in [5, 5.41) is 14.2. The maximum atomic E-state index is 11.2. The lowest BCUT2D eigenvalue weighted by Crippen LogP contribution is -2.36. The number of benzene rings is 1. The lowest BCUT2D eigenvalue weighted by atomic mass is 10.1. The van der Waals surface area contributed by atoms with Crippen LogP contribution in [0.15, 0.2) is 12.1 Å². The summed E-state index contributed by atoms with van der Waals surface area (Å²) in [6.07, 6.45) is 0. The summed E-state index contributed by atoms with van der Waals surface area (Å²) >= 11 is 4.82. The van der Waals surface area contributed by atoms with Crippen molar-refractivity contribution in [2.75, 3.05) is 36.5 Å². The predicted molar refractivity (Wildman–Crippen MR) is 81.3 cm³/mol. The van der Waals surface area contributed by atoms with E-state index in [0.29, 0.717) is 37.7 Å². The van der Waals surface area contributed by atoms with Crippen molar-refractivity contribution < 1.29 is 9.66 Å². The Morgan fingerprint density at radius 2 is 2.15 bits per heavy atom. The Morgan fingerprint density at radius 3 is 2.70 bits per heavy atom. The lowest BCUT2D eigenvalue weighted by Gasteiger charge is -2.29. The van der Waals surface area contributed by atoms with Crippen LogP contribution in [0.4, 0.5) is 17.1 Å². The van der Waals surface area contributed by atoms with Crippen LogP contribution in [0.25, 0.3) is 0 Å². The number of hydrogen-bond donors (Lipinski definition) is 2. The van der Waals surface area contributed by atoms with Crippen molar-refractivity contribution in [3.05, 3.63) is 27.8 Å². The van der Waals surface area contributed by atoms with E-state index in [1.54, 1.807) is 13.0 Å². The molecule has 7 nitrogen and oxygen atoms in total. The van der Waals surface area contributed by atoms with Crippen LogP contribution in [0, 0.1) is 17.0 Å². The molecule has 1 aromatic carbocycles. The first-order valence-electron chi connectivity index (χ1n) is 6.17. The van der Waals surface area contributed by atoms with Crippen LogP contribution < -0.4 is 16.0 Å². The van der Waals surface area contributed by atoms with Crippen LogP contribution in [0.2, 0.25) is 0 Å². The van der Waals surface area contributed by atoms with Crippen LogP contribution in [-0.2, 0) is 4.74 Å². The Balaban J connectivity index is 2.44. The molecule has 0 bridgehead atoms. The summed E-state index contributed by atoms with van der Waals surface area (Å²) < 4.78 is 5.27. The molecule has 108 valence electrons. The molecule has 1 aromatic rings. The third kappa shape index (κ3) is 3.14. The molecule has 8 heteroatoms. The first kappa shape index (κ1) is 14.5. The molecule has 0 amide bonds. The number of nitrogens with two attached hydrogens (primary N) is 1. The summed E-state index contributed by atoms with van der Waals surface area (Å²) in [6.45, 7) is 4.13. The van der Waals surface area contributed by atoms with Gasteiger partial charge in [-0.05, 0) is 30.8 Å². The standard InChI is InChI=1S/C12H16N4O3S/c1-8-6-11(16(17)18)10(7-9(8)14-12(13)20)15-2-4-19-5-3-15/h6-7H,2-5H2,1H3,(H3,13,14,20). The maximum absolute atomic E-state index is 11.2. The number of hydrogen-bond acceptors (Lipinski definition) is 5. The molecule has 1 saturated heterocycles. The van der Waals surface area contributed by atoms with Gasteiger partial charge in [-0.2, -0.15) is 0 Å². The van der Waals surface area contributed by atoms with Crippen molar-refractivity contribution >= 4 is 34.4 Å². The normalized spacial score (nSPS) is 14.9. The molecule has 0 unspecified atom stereocenters. The summed E-state index contributed by atoms with van der Waals surface area (Å²) in [7, 11) is 0. The second-order valence-electron chi connectivity index (χ2n) is 4.50. The number of nitro groups is 1. The second-order valence-corrected chi connectivity index (χ2v) is 4.94. The molecule has 20 heavy (non-hydrogen) atoms. The Bertz CT molecular complexity index is 544. The number of nitrogens with zero attached hydrogens (tertiary/aromatic N) is 2. The van der Waals surface area contributed by atoms with Gasteiger partial charge in [-0.15, -0.1) is 0 Å². The van der Waals surface area contributed by atoms with Gasteiger partial charge in [0.2, 0.25) is 0 Å². The molecule has 2 rings (SSSR count). The molecular formula is C12H16N4O3S. The zero-order valence-electron chi connectivity index (χ0n) is 11.1. The van der Waals surface area contributed by atoms with Crippen LogP contribution >= 0.6 is 12.2 Å². The zero-order valence-corrected chi connectivity index (χ0v) is 11.9. The van der Waals surface area contributed by atoms with Gasteiger partial charge >= 0.3 is 0 Å². The van der Waals surface area contributed by atoms with Crippen LogP contribution in [0.5, 0.6) is 0 Å². The molecule has 1 fully saturated rings. The van der Waals surface area contributed by atoms with Gasteiger partial charge < -0.3 is 20.7 Å². The first-order valence-corrected chi connectivity index (χ1v) is 6.58. The Hall–Kier alpha value is -1.93. The smallest absolute Gasteiger partial charge is 0.292 e. The predicted octanol–water partition coefficient (Wildman–Crippen LogP) is 1.40. The first-order chi connectivity index (χ1) is 9.49. The molecule has 1 heterocycles. The topological polar surface area (TPSA) is 93.7 Å². The number of anilines is 2. The van der Waals surface area contributed by atoms with Gasteiger partial charge in [0.15, 0.2) is 5.11 Å². The largest absolute Gasteiger partial charge is 0.378 e. The number of morpholine rings is 1. The fourth-order valence-corrected chi connectivity index (χ4v) is 2.26. The van der Waals surface area contributed by atoms with Gasteiger partial charge in [-0.3, -0.25) is 10.1 Å². The van der Waals surface area contributed by atoms with E-state index in [4.69, 9.17) is 22.7 Å². The van der Waals surface area contributed by atoms with E-state index in [-0.39, 0.29) is 15.7 Å². The van der Waals surface area contributed by atoms with Crippen LogP contribution in [0.1, 0.15) is 5.56 Å². The highest BCUT2D eigenvalue weighted by Gasteiger charge is 2.23. The molecule has 0 radical (unpaired) electrons. The van der Waals surface area contributed by atoms with Crippen LogP contribution in [0.3, 0.4) is 0 Å². The number of nitro benzene ring substituents is 1. The number of aryl methyl sites for hydroxylation is 1. The molecule has 0 spiro atoms. The molecule has 3 N–H and O–H groups in total. The van der Waals surface area contributed by atoms with Crippen molar-refractivity contribution in [3.8, 4) is 0 Å². The summed E-state index contributed by atoms with van der Waals surface area (Å²) in [5.74, 6) is 0. The molecule has 0 aromatic heterocycles. The van der Waals surface area contributed by atoms with E-state index in [9.17, 15) is 10.1 Å². The third-order valence-electron chi connectivity index (χ3n) is 3.13. The molecule has 0 atom stereocenters. The summed E-state index contributed by atoms with van der Waals surface area (Å²) in [4.78, 5) is 12.8. The van der Waals surface area contributed by atoms with Gasteiger partial charge in [0, 0.05) is 24.8 Å². The quantitative estimate of drug-likeness (QED) is 0.494. The lowest BCUT2D eigenvalue weighted by molar-refractivity contribution is -0.384. The Labute approximate surface area is 121 Å². The monoisotopic (exact) mass is 296 g/mol. The third-order valence-corrected chi connectivity index (χ3v) is 3.23. The van der Waals surface area contributed by atoms with Gasteiger partial charge in [0.1, 0.15) is 5.69 Å². The molecule has 1 aliphatic heterocycles. The Morgan fingerprint density at radius 1 is 1.50 bits per heavy atom. The highest BCUT2D eigenvalue weighted by Crippen LogP contribution is 2.34. The minimum atomic E-state index is -0.373. The van der Waals surface area contributed by atoms with Gasteiger partial charge in [0.25, 0.3) is 5.69 Å². The fraction of sp³-hybridized carbons (Fsp3) is 0.417. The average molecular weight is 296 g/mol. The van der Waals surface area contributed by atoms with Gasteiger partial charge in [-0.1, -0.05) is 0 Å². The van der Waals surface area contributed by atoms with Crippen molar-refractivity contribution in [1.82, 2.24) is 0 Å². The van der Waals surface area contributed by atoms with Crippen LogP contribution in [-0.4, -0.2) is 36.3 Å². The minimum absolute atomic E-state index is 0.0814. The van der Waals surface area contributed by atoms with Crippen molar-refractivity contribution in [3.63, 3.8) is 0 Å². The van der Waals surface area contributed by atoms with Crippen molar-refractivity contribution in [2.24, 2.45) is 5.73 Å².